The van der Waals surface area contributed by atoms with E-state index >= 15 is 0 Å². The topological polar surface area (TPSA) is 165 Å². The van der Waals surface area contributed by atoms with Gasteiger partial charge in [-0.05, 0) is 74.6 Å². The maximum Gasteiger partial charge on any atom is 0.274 e. The molecular formula is C37H47N7O5. The lowest BCUT2D eigenvalue weighted by molar-refractivity contribution is -0.132. The highest BCUT2D eigenvalue weighted by Gasteiger charge is 2.30. The Morgan fingerprint density at radius 2 is 1.59 bits per heavy atom. The molecule has 1 aliphatic carbocycles. The largest absolute Gasteiger partial charge is 0.354 e. The summed E-state index contributed by atoms with van der Waals surface area (Å²) in [7, 11) is 0. The molecule has 6 rings (SSSR count). The minimum Gasteiger partial charge on any atom is -0.354 e. The molecule has 12 heteroatoms. The van der Waals surface area contributed by atoms with Crippen LogP contribution in [0.1, 0.15) is 89.7 Å². The van der Waals surface area contributed by atoms with Gasteiger partial charge in [0.2, 0.25) is 17.7 Å². The minimum absolute atomic E-state index is 0.0655. The van der Waals surface area contributed by atoms with E-state index in [1.165, 1.54) is 0 Å². The Morgan fingerprint density at radius 3 is 2.33 bits per heavy atom. The summed E-state index contributed by atoms with van der Waals surface area (Å²) in [6.45, 7) is 6.61. The first-order valence-electron chi connectivity index (χ1n) is 17.3. The minimum atomic E-state index is -0.976. The van der Waals surface area contributed by atoms with Crippen LogP contribution in [0.2, 0.25) is 0 Å². The maximum absolute atomic E-state index is 13.8. The van der Waals surface area contributed by atoms with Crippen LogP contribution in [0.4, 0.5) is 0 Å². The predicted molar refractivity (Wildman–Crippen MR) is 184 cm³/mol. The normalized spacial score (nSPS) is 21.3. The van der Waals surface area contributed by atoms with Crippen LogP contribution in [0.15, 0.2) is 54.6 Å². The number of benzene rings is 2. The smallest absolute Gasteiger partial charge is 0.274 e. The number of aromatic amines is 1. The van der Waals surface area contributed by atoms with E-state index in [-0.39, 0.29) is 24.2 Å². The lowest BCUT2D eigenvalue weighted by Crippen LogP contribution is -2.57. The fourth-order valence-electron chi connectivity index (χ4n) is 6.33. The monoisotopic (exact) mass is 669 g/mol. The first-order valence-corrected chi connectivity index (χ1v) is 17.3. The third-order valence-corrected chi connectivity index (χ3v) is 9.04. The first kappa shape index (κ1) is 35.3. The summed E-state index contributed by atoms with van der Waals surface area (Å²) in [5.74, 6) is -1.86. The van der Waals surface area contributed by atoms with Gasteiger partial charge in [-0.1, -0.05) is 56.3 Å². The Morgan fingerprint density at radius 1 is 0.857 bits per heavy atom. The highest BCUT2D eigenvalue weighted by Crippen LogP contribution is 2.24. The molecule has 260 valence electrons. The van der Waals surface area contributed by atoms with Crippen molar-refractivity contribution in [2.24, 2.45) is 5.92 Å². The second-order valence-electron chi connectivity index (χ2n) is 13.4. The number of amides is 5. The molecule has 12 nitrogen and oxygen atoms in total. The number of carbonyl (C=O) groups excluding carboxylic acids is 5. The number of carbonyl (C=O) groups is 5. The molecule has 1 aromatic heterocycles. The Balaban J connectivity index is 1.41. The van der Waals surface area contributed by atoms with E-state index in [1.54, 1.807) is 24.0 Å². The molecule has 0 spiro atoms. The fourth-order valence-corrected chi connectivity index (χ4v) is 6.33. The zero-order chi connectivity index (χ0) is 34.9. The van der Waals surface area contributed by atoms with Gasteiger partial charge in [0.05, 0.1) is 0 Å². The van der Waals surface area contributed by atoms with Crippen molar-refractivity contribution in [3.8, 4) is 0 Å². The Kier molecular flexibility index (Phi) is 11.8. The molecule has 3 aliphatic rings. The summed E-state index contributed by atoms with van der Waals surface area (Å²) in [6.07, 6.45) is 4.47. The second-order valence-corrected chi connectivity index (χ2v) is 13.4. The number of aryl methyl sites for hydroxylation is 1. The average Bonchev–Trinajstić information content (AvgIpc) is 3.71. The average molecular weight is 670 g/mol. The lowest BCUT2D eigenvalue weighted by atomic mass is 10.0. The molecular weight excluding hydrogens is 622 g/mol. The third kappa shape index (κ3) is 9.33. The number of rotatable bonds is 5. The van der Waals surface area contributed by atoms with Crippen molar-refractivity contribution in [2.45, 2.75) is 90.4 Å². The lowest BCUT2D eigenvalue weighted by Gasteiger charge is -2.25. The molecule has 3 atom stereocenters. The number of nitrogens with one attached hydrogen (secondary N) is 5. The van der Waals surface area contributed by atoms with Crippen LogP contribution in [0.3, 0.4) is 0 Å². The number of hydrogen-bond donors (Lipinski definition) is 5. The maximum atomic E-state index is 13.8. The highest BCUT2D eigenvalue weighted by atomic mass is 16.2. The molecule has 3 heterocycles. The van der Waals surface area contributed by atoms with Gasteiger partial charge >= 0.3 is 0 Å². The summed E-state index contributed by atoms with van der Waals surface area (Å²) in [5.41, 5.74) is 4.48. The number of aromatic nitrogens is 2. The van der Waals surface area contributed by atoms with Gasteiger partial charge in [0.15, 0.2) is 5.69 Å². The Hall–Kier alpha value is -5.00. The van der Waals surface area contributed by atoms with Crippen LogP contribution in [0.5, 0.6) is 0 Å². The molecule has 0 saturated heterocycles. The van der Waals surface area contributed by atoms with Gasteiger partial charge in [0, 0.05) is 42.9 Å². The van der Waals surface area contributed by atoms with Crippen molar-refractivity contribution < 1.29 is 24.0 Å². The molecule has 0 saturated carbocycles. The van der Waals surface area contributed by atoms with E-state index in [0.717, 1.165) is 41.6 Å². The second kappa shape index (κ2) is 16.4. The molecule has 5 N–H and O–H groups in total. The van der Waals surface area contributed by atoms with Gasteiger partial charge in [-0.3, -0.25) is 29.1 Å². The van der Waals surface area contributed by atoms with Gasteiger partial charge in [-0.15, -0.1) is 0 Å². The number of H-pyrrole nitrogens is 1. The Bertz CT molecular complexity index is 1640. The van der Waals surface area contributed by atoms with Gasteiger partial charge in [0.1, 0.15) is 18.1 Å². The van der Waals surface area contributed by atoms with Crippen molar-refractivity contribution in [1.82, 2.24) is 36.4 Å². The van der Waals surface area contributed by atoms with Crippen molar-refractivity contribution in [3.05, 3.63) is 88.2 Å². The number of nitrogens with zero attached hydrogens (tertiary/aromatic N) is 2. The number of hydrogen-bond acceptors (Lipinski definition) is 6. The van der Waals surface area contributed by atoms with E-state index in [9.17, 15) is 24.0 Å². The molecule has 2 aliphatic heterocycles. The molecule has 3 aromatic rings. The number of fused-ring (bicyclic) bond motifs is 19. The van der Waals surface area contributed by atoms with Crippen LogP contribution in [-0.2, 0) is 40.2 Å². The van der Waals surface area contributed by atoms with Gasteiger partial charge < -0.3 is 26.2 Å². The summed E-state index contributed by atoms with van der Waals surface area (Å²) >= 11 is 0. The van der Waals surface area contributed by atoms with Crippen LogP contribution in [0, 0.1) is 5.92 Å². The summed E-state index contributed by atoms with van der Waals surface area (Å²) in [5, 5.41) is 18.7. The molecule has 5 amide bonds. The van der Waals surface area contributed by atoms with Crippen LogP contribution < -0.4 is 21.3 Å². The van der Waals surface area contributed by atoms with Crippen molar-refractivity contribution >= 4 is 29.5 Å². The van der Waals surface area contributed by atoms with Crippen LogP contribution in [0.25, 0.3) is 0 Å². The summed E-state index contributed by atoms with van der Waals surface area (Å²) in [6, 6.07) is 13.6. The van der Waals surface area contributed by atoms with Gasteiger partial charge in [-0.2, -0.15) is 5.10 Å². The highest BCUT2D eigenvalue weighted by molar-refractivity contribution is 5.99. The van der Waals surface area contributed by atoms with Crippen LogP contribution >= 0.6 is 0 Å². The van der Waals surface area contributed by atoms with Crippen molar-refractivity contribution in [3.63, 3.8) is 0 Å². The zero-order valence-corrected chi connectivity index (χ0v) is 28.5. The van der Waals surface area contributed by atoms with Gasteiger partial charge in [-0.25, -0.2) is 0 Å². The molecule has 0 radical (unpaired) electrons. The standard InChI is InChI=1S/C37H47N7O5/c1-23(2)20-30-35(47)39-24(3)33(45)38-18-7-8-19-44(37(49)32-28-12-9-13-29(28)42-43-32)22-26-14-16-27(17-15-26)34(46)40-31(36(48)41-30)21-25-10-5-4-6-11-25/h4-6,10-11,14-17,23-24,30-31H,7-9,12-13,18-22H2,1-3H3,(H,38,45)(H,39,47)(H,40,46)(H,41,48)(H,42,43)/t24-,30+,31-/m1/s1. The molecule has 0 fully saturated rings. The quantitative estimate of drug-likeness (QED) is 0.262. The van der Waals surface area contributed by atoms with E-state index in [4.69, 9.17) is 0 Å². The predicted octanol–water partition coefficient (Wildman–Crippen LogP) is 2.83. The zero-order valence-electron chi connectivity index (χ0n) is 28.5. The molecule has 49 heavy (non-hydrogen) atoms. The van der Waals surface area contributed by atoms with E-state index < -0.39 is 35.8 Å². The van der Waals surface area contributed by atoms with Gasteiger partial charge in [0.25, 0.3) is 11.8 Å². The summed E-state index contributed by atoms with van der Waals surface area (Å²) in [4.78, 5) is 69.1. The summed E-state index contributed by atoms with van der Waals surface area (Å²) < 4.78 is 0. The first-order chi connectivity index (χ1) is 23.6. The van der Waals surface area contributed by atoms with E-state index in [2.05, 4.69) is 31.5 Å². The SMILES string of the molecule is CC(C)C[C@@H]1NC(=O)[C@@H](Cc2ccccc2)NC(=O)c2ccc(cc2)CN(C(=O)c2n[nH]c3c2CCC3)CCCCNC(=O)[C@@H](C)NC1=O. The molecule has 2 aromatic carbocycles. The Labute approximate surface area is 287 Å². The van der Waals surface area contributed by atoms with Crippen molar-refractivity contribution in [2.75, 3.05) is 13.1 Å². The third-order valence-electron chi connectivity index (χ3n) is 9.04. The molecule has 2 bridgehead atoms. The molecule has 0 unspecified atom stereocenters. The van der Waals surface area contributed by atoms with E-state index in [0.29, 0.717) is 50.2 Å². The van der Waals surface area contributed by atoms with E-state index in [1.807, 2.05) is 56.3 Å². The van der Waals surface area contributed by atoms with Crippen molar-refractivity contribution in [1.29, 1.82) is 0 Å². The fraction of sp³-hybridized carbons (Fsp3) is 0.459. The van der Waals surface area contributed by atoms with Crippen LogP contribution in [-0.4, -0.2) is 75.8 Å².